The van der Waals surface area contributed by atoms with E-state index in [1.807, 2.05) is 30.3 Å². The normalized spacial score (nSPS) is 20.4. The summed E-state index contributed by atoms with van der Waals surface area (Å²) in [6, 6.07) is 7.69. The molecule has 1 amide bonds. The Bertz CT molecular complexity index is 688. The first-order valence-corrected chi connectivity index (χ1v) is 9.09. The Morgan fingerprint density at radius 3 is 2.88 bits per heavy atom. The Balaban J connectivity index is 1.74. The largest absolute Gasteiger partial charge is 0.489 e. The highest BCUT2D eigenvalue weighted by atomic mass is 32.2. The van der Waals surface area contributed by atoms with Gasteiger partial charge >= 0.3 is 0 Å². The number of hydrogen-bond donors (Lipinski definition) is 0. The van der Waals surface area contributed by atoms with E-state index in [0.717, 1.165) is 48.3 Å². The van der Waals surface area contributed by atoms with Crippen LogP contribution in [0.25, 0.3) is 6.08 Å². The number of para-hydroxylation sites is 1. The predicted molar refractivity (Wildman–Crippen MR) is 100 cm³/mol. The fourth-order valence-corrected chi connectivity index (χ4v) is 3.71. The molecule has 1 saturated heterocycles. The minimum Gasteiger partial charge on any atom is -0.489 e. The summed E-state index contributed by atoms with van der Waals surface area (Å²) in [7, 11) is 0. The van der Waals surface area contributed by atoms with Gasteiger partial charge in [-0.05, 0) is 42.7 Å². The molecule has 1 fully saturated rings. The molecule has 24 heavy (non-hydrogen) atoms. The molecule has 5 heteroatoms. The van der Waals surface area contributed by atoms with Crippen LogP contribution in [0.4, 0.5) is 0 Å². The van der Waals surface area contributed by atoms with E-state index in [1.54, 1.807) is 6.08 Å². The smallest absolute Gasteiger partial charge is 0.286 e. The molecule has 0 bridgehead atoms. The monoisotopic (exact) mass is 342 g/mol. The molecule has 2 heterocycles. The van der Waals surface area contributed by atoms with E-state index in [0.29, 0.717) is 11.5 Å². The van der Waals surface area contributed by atoms with Crippen LogP contribution in [0.2, 0.25) is 0 Å². The Kier molecular flexibility index (Phi) is 5.41. The minimum atomic E-state index is -0.160. The number of aliphatic imine (C=N–C) groups is 1. The quantitative estimate of drug-likeness (QED) is 0.614. The van der Waals surface area contributed by atoms with Gasteiger partial charge in [0.1, 0.15) is 12.4 Å². The summed E-state index contributed by atoms with van der Waals surface area (Å²) in [5.41, 5.74) is 0.888. The number of amidine groups is 1. The fraction of sp³-hybridized carbons (Fsp3) is 0.368. The Morgan fingerprint density at radius 1 is 1.38 bits per heavy atom. The maximum atomic E-state index is 12.3. The highest BCUT2D eigenvalue weighted by Gasteiger charge is 2.28. The minimum absolute atomic E-state index is 0.160. The van der Waals surface area contributed by atoms with Crippen molar-refractivity contribution >= 4 is 28.9 Å². The van der Waals surface area contributed by atoms with Gasteiger partial charge in [-0.15, -0.1) is 0 Å². The van der Waals surface area contributed by atoms with E-state index in [1.165, 1.54) is 11.8 Å². The molecule has 0 unspecified atom stereocenters. The van der Waals surface area contributed by atoms with Gasteiger partial charge in [-0.2, -0.15) is 4.99 Å². The van der Waals surface area contributed by atoms with E-state index in [2.05, 4.69) is 23.4 Å². The lowest BCUT2D eigenvalue weighted by Gasteiger charge is -2.30. The Hall–Kier alpha value is -2.01. The summed E-state index contributed by atoms with van der Waals surface area (Å²) in [5.74, 6) is 1.35. The first kappa shape index (κ1) is 16.8. The van der Waals surface area contributed by atoms with Gasteiger partial charge in [-0.25, -0.2) is 0 Å². The average Bonchev–Trinajstić information content (AvgIpc) is 2.95. The van der Waals surface area contributed by atoms with Crippen molar-refractivity contribution in [3.63, 3.8) is 0 Å². The number of carbonyl (C=O) groups is 1. The zero-order valence-electron chi connectivity index (χ0n) is 13.9. The van der Waals surface area contributed by atoms with Crippen LogP contribution in [0.1, 0.15) is 25.3 Å². The lowest BCUT2D eigenvalue weighted by atomic mass is 10.00. The van der Waals surface area contributed by atoms with Crippen molar-refractivity contribution in [2.24, 2.45) is 10.9 Å². The van der Waals surface area contributed by atoms with Crippen molar-refractivity contribution in [1.82, 2.24) is 4.90 Å². The molecule has 0 radical (unpaired) electrons. The maximum absolute atomic E-state index is 12.3. The van der Waals surface area contributed by atoms with Crippen molar-refractivity contribution in [1.29, 1.82) is 0 Å². The lowest BCUT2D eigenvalue weighted by molar-refractivity contribution is -0.113. The van der Waals surface area contributed by atoms with Crippen LogP contribution in [-0.2, 0) is 4.79 Å². The van der Waals surface area contributed by atoms with E-state index >= 15 is 0 Å². The fourth-order valence-electron chi connectivity index (χ4n) is 2.75. The molecular weight excluding hydrogens is 320 g/mol. The molecule has 2 aliphatic heterocycles. The molecule has 0 saturated carbocycles. The van der Waals surface area contributed by atoms with Gasteiger partial charge < -0.3 is 9.64 Å². The summed E-state index contributed by atoms with van der Waals surface area (Å²) >= 11 is 1.47. The summed E-state index contributed by atoms with van der Waals surface area (Å²) in [6.07, 6.45) is 5.89. The third kappa shape index (κ3) is 3.90. The second-order valence-corrected chi connectivity index (χ2v) is 7.13. The van der Waals surface area contributed by atoms with Crippen molar-refractivity contribution in [2.75, 3.05) is 19.7 Å². The summed E-state index contributed by atoms with van der Waals surface area (Å²) in [6.45, 7) is 8.34. The molecule has 0 aliphatic carbocycles. The molecule has 0 spiro atoms. The summed E-state index contributed by atoms with van der Waals surface area (Å²) in [4.78, 5) is 19.4. The number of ether oxygens (including phenoxy) is 1. The van der Waals surface area contributed by atoms with Crippen LogP contribution in [0.15, 0.2) is 46.8 Å². The topological polar surface area (TPSA) is 41.9 Å². The zero-order chi connectivity index (χ0) is 16.9. The molecule has 1 aromatic carbocycles. The summed E-state index contributed by atoms with van der Waals surface area (Å²) in [5, 5.41) is 0.836. The van der Waals surface area contributed by atoms with Crippen molar-refractivity contribution in [3.8, 4) is 5.75 Å². The molecule has 0 N–H and O–H groups in total. The SMILES string of the molecule is C=CCOc1ccccc1C=C1SC(N2CCC(C)CC2)=NC1=O. The van der Waals surface area contributed by atoms with Gasteiger partial charge in [-0.1, -0.05) is 37.8 Å². The van der Waals surface area contributed by atoms with E-state index in [9.17, 15) is 4.79 Å². The highest BCUT2D eigenvalue weighted by molar-refractivity contribution is 8.18. The number of benzene rings is 1. The average molecular weight is 342 g/mol. The number of nitrogens with zero attached hydrogens (tertiary/aromatic N) is 2. The van der Waals surface area contributed by atoms with Crippen LogP contribution in [0, 0.1) is 5.92 Å². The van der Waals surface area contributed by atoms with Gasteiger partial charge in [0, 0.05) is 18.7 Å². The first-order chi connectivity index (χ1) is 11.7. The molecule has 4 nitrogen and oxygen atoms in total. The number of carbonyl (C=O) groups excluding carboxylic acids is 1. The molecule has 2 aliphatic rings. The van der Waals surface area contributed by atoms with E-state index in [-0.39, 0.29) is 5.91 Å². The second-order valence-electron chi connectivity index (χ2n) is 6.12. The molecule has 0 aromatic heterocycles. The molecule has 126 valence electrons. The number of amides is 1. The summed E-state index contributed by atoms with van der Waals surface area (Å²) < 4.78 is 5.66. The van der Waals surface area contributed by atoms with Gasteiger partial charge in [0.05, 0.1) is 4.91 Å². The molecule has 0 atom stereocenters. The number of piperidine rings is 1. The van der Waals surface area contributed by atoms with E-state index in [4.69, 9.17) is 4.74 Å². The number of hydrogen-bond acceptors (Lipinski definition) is 4. The van der Waals surface area contributed by atoms with Gasteiger partial charge in [-0.3, -0.25) is 4.79 Å². The van der Waals surface area contributed by atoms with Crippen LogP contribution >= 0.6 is 11.8 Å². The van der Waals surface area contributed by atoms with Crippen LogP contribution < -0.4 is 4.74 Å². The number of likely N-dealkylation sites (tertiary alicyclic amines) is 1. The zero-order valence-corrected chi connectivity index (χ0v) is 14.7. The maximum Gasteiger partial charge on any atom is 0.286 e. The number of rotatable bonds is 4. The van der Waals surface area contributed by atoms with Crippen LogP contribution in [-0.4, -0.2) is 35.7 Å². The van der Waals surface area contributed by atoms with Crippen LogP contribution in [0.5, 0.6) is 5.75 Å². The molecule has 3 rings (SSSR count). The first-order valence-electron chi connectivity index (χ1n) is 8.27. The van der Waals surface area contributed by atoms with Crippen molar-refractivity contribution in [3.05, 3.63) is 47.4 Å². The van der Waals surface area contributed by atoms with Crippen molar-refractivity contribution < 1.29 is 9.53 Å². The van der Waals surface area contributed by atoms with Crippen LogP contribution in [0.3, 0.4) is 0 Å². The van der Waals surface area contributed by atoms with Gasteiger partial charge in [0.25, 0.3) is 5.91 Å². The molecule has 1 aromatic rings. The van der Waals surface area contributed by atoms with E-state index < -0.39 is 0 Å². The predicted octanol–water partition coefficient (Wildman–Crippen LogP) is 3.95. The Labute approximate surface area is 147 Å². The molecular formula is C19H22N2O2S. The van der Waals surface area contributed by atoms with Gasteiger partial charge in [0.2, 0.25) is 0 Å². The Morgan fingerprint density at radius 2 is 2.12 bits per heavy atom. The third-order valence-corrected chi connectivity index (χ3v) is 5.27. The third-order valence-electron chi connectivity index (χ3n) is 4.23. The van der Waals surface area contributed by atoms with Crippen molar-refractivity contribution in [2.45, 2.75) is 19.8 Å². The lowest BCUT2D eigenvalue weighted by Crippen LogP contribution is -2.35. The number of thioether (sulfide) groups is 1. The standard InChI is InChI=1S/C19H22N2O2S/c1-3-12-23-16-7-5-4-6-15(16)13-17-18(22)20-19(24-17)21-10-8-14(2)9-11-21/h3-7,13-14H,1,8-12H2,2H3. The second kappa shape index (κ2) is 7.71. The van der Waals surface area contributed by atoms with Gasteiger partial charge in [0.15, 0.2) is 5.17 Å². The highest BCUT2D eigenvalue weighted by Crippen LogP contribution is 2.33.